The van der Waals surface area contributed by atoms with Gasteiger partial charge in [-0.05, 0) is 66.1 Å². The highest BCUT2D eigenvalue weighted by molar-refractivity contribution is 7.89. The van der Waals surface area contributed by atoms with Crippen LogP contribution in [0.15, 0.2) is 104 Å². The molecule has 4 rings (SSSR count). The Bertz CT molecular complexity index is 1270. The third-order valence-corrected chi connectivity index (χ3v) is 7.74. The number of hydrogen-bond donors (Lipinski definition) is 2. The van der Waals surface area contributed by atoms with Crippen LogP contribution in [0, 0.1) is 0 Å². The molecule has 2 aromatic carbocycles. The second-order valence-electron chi connectivity index (χ2n) is 7.27. The molecule has 33 heavy (non-hydrogen) atoms. The molecular formula is C23H22N2O6S2. The predicted octanol–water partition coefficient (Wildman–Crippen LogP) is 3.42. The fourth-order valence-corrected chi connectivity index (χ4v) is 5.12. The Morgan fingerprint density at radius 1 is 0.576 bits per heavy atom. The molecule has 0 fully saturated rings. The highest BCUT2D eigenvalue weighted by Gasteiger charge is 2.16. The van der Waals surface area contributed by atoms with E-state index in [1.54, 1.807) is 48.5 Å². The molecule has 172 valence electrons. The van der Waals surface area contributed by atoms with E-state index in [1.165, 1.54) is 36.8 Å². The van der Waals surface area contributed by atoms with Crippen LogP contribution in [0.3, 0.4) is 0 Å². The molecule has 0 atom stereocenters. The molecule has 0 spiro atoms. The summed E-state index contributed by atoms with van der Waals surface area (Å²) in [6.07, 6.45) is 3.50. The summed E-state index contributed by atoms with van der Waals surface area (Å²) in [5.74, 6) is 1.05. The number of sulfonamides is 2. The van der Waals surface area contributed by atoms with E-state index in [0.29, 0.717) is 17.9 Å². The molecule has 0 radical (unpaired) electrons. The van der Waals surface area contributed by atoms with Gasteiger partial charge in [-0.2, -0.15) is 0 Å². The minimum atomic E-state index is -3.66. The summed E-state index contributed by atoms with van der Waals surface area (Å²) in [5, 5.41) is 0. The Morgan fingerprint density at radius 3 is 1.30 bits per heavy atom. The maximum Gasteiger partial charge on any atom is 0.240 e. The lowest BCUT2D eigenvalue weighted by Gasteiger charge is -2.08. The van der Waals surface area contributed by atoms with Crippen molar-refractivity contribution in [3.63, 3.8) is 0 Å². The average molecular weight is 487 g/mol. The molecule has 2 aromatic heterocycles. The molecule has 2 N–H and O–H groups in total. The number of nitrogens with one attached hydrogen (secondary N) is 2. The molecule has 8 nitrogen and oxygen atoms in total. The first-order valence-corrected chi connectivity index (χ1v) is 13.0. The smallest absolute Gasteiger partial charge is 0.240 e. The summed E-state index contributed by atoms with van der Waals surface area (Å²) in [4.78, 5) is 0.309. The van der Waals surface area contributed by atoms with Gasteiger partial charge in [-0.25, -0.2) is 26.3 Å². The van der Waals surface area contributed by atoms with Crippen molar-refractivity contribution in [1.29, 1.82) is 0 Å². The average Bonchev–Trinajstić information content (AvgIpc) is 3.52. The normalized spacial score (nSPS) is 12.1. The Balaban J connectivity index is 1.37. The summed E-state index contributed by atoms with van der Waals surface area (Å²) in [6.45, 7) is 0.144. The Labute approximate surface area is 192 Å². The van der Waals surface area contributed by atoms with Crippen LogP contribution in [-0.2, 0) is 39.6 Å². The SMILES string of the molecule is O=S(=O)(NCc1ccco1)c1ccc(Cc2ccc(S(=O)(=O)NCc3ccco3)cc2)cc1. The minimum Gasteiger partial charge on any atom is -0.468 e. The Hall–Kier alpha value is -3.18. The lowest BCUT2D eigenvalue weighted by Crippen LogP contribution is -2.23. The van der Waals surface area contributed by atoms with Crippen LogP contribution < -0.4 is 9.44 Å². The van der Waals surface area contributed by atoms with Gasteiger partial charge in [0.15, 0.2) is 0 Å². The summed E-state index contributed by atoms with van der Waals surface area (Å²) in [5.41, 5.74) is 1.79. The van der Waals surface area contributed by atoms with Crippen LogP contribution in [0.5, 0.6) is 0 Å². The standard InChI is InChI=1S/C23H22N2O6S2/c26-32(27,24-16-20-3-1-13-30-20)22-9-5-18(6-10-22)15-19-7-11-23(12-8-19)33(28,29)25-17-21-4-2-14-31-21/h1-14,24-25H,15-17H2. The number of hydrogen-bond acceptors (Lipinski definition) is 6. The lowest BCUT2D eigenvalue weighted by molar-refractivity contribution is 0.498. The zero-order valence-corrected chi connectivity index (χ0v) is 19.1. The second kappa shape index (κ2) is 9.75. The third-order valence-electron chi connectivity index (χ3n) is 4.91. The van der Waals surface area contributed by atoms with Gasteiger partial charge in [0.25, 0.3) is 0 Å². The summed E-state index contributed by atoms with van der Waals surface area (Å²) < 4.78 is 65.0. The van der Waals surface area contributed by atoms with E-state index >= 15 is 0 Å². The number of furan rings is 2. The highest BCUT2D eigenvalue weighted by Crippen LogP contribution is 2.17. The lowest BCUT2D eigenvalue weighted by atomic mass is 10.1. The zero-order chi connectivity index (χ0) is 23.3. The molecule has 0 amide bonds. The van der Waals surface area contributed by atoms with Crippen LogP contribution in [0.1, 0.15) is 22.6 Å². The molecule has 0 aliphatic rings. The molecule has 0 aliphatic heterocycles. The molecule has 0 bridgehead atoms. The van der Waals surface area contributed by atoms with Gasteiger partial charge in [0, 0.05) is 0 Å². The highest BCUT2D eigenvalue weighted by atomic mass is 32.2. The maximum absolute atomic E-state index is 12.4. The third kappa shape index (κ3) is 5.99. The molecule has 0 saturated heterocycles. The van der Waals surface area contributed by atoms with Crippen molar-refractivity contribution in [2.24, 2.45) is 0 Å². The van der Waals surface area contributed by atoms with Gasteiger partial charge in [0.2, 0.25) is 20.0 Å². The van der Waals surface area contributed by atoms with E-state index in [1.807, 2.05) is 0 Å². The largest absolute Gasteiger partial charge is 0.468 e. The summed E-state index contributed by atoms with van der Waals surface area (Å²) in [6, 6.07) is 19.9. The van der Waals surface area contributed by atoms with Crippen molar-refractivity contribution in [2.75, 3.05) is 0 Å². The summed E-state index contributed by atoms with van der Waals surface area (Å²) in [7, 11) is -7.32. The second-order valence-corrected chi connectivity index (χ2v) is 10.8. The Morgan fingerprint density at radius 2 is 0.970 bits per heavy atom. The first-order valence-electron chi connectivity index (χ1n) is 10.0. The maximum atomic E-state index is 12.4. The van der Waals surface area contributed by atoms with Crippen molar-refractivity contribution >= 4 is 20.0 Å². The van der Waals surface area contributed by atoms with E-state index in [9.17, 15) is 16.8 Å². The molecule has 4 aromatic rings. The van der Waals surface area contributed by atoms with Crippen LogP contribution in [0.4, 0.5) is 0 Å². The minimum absolute atomic E-state index is 0.0721. The molecule has 0 saturated carbocycles. The van der Waals surface area contributed by atoms with Crippen LogP contribution in [0.2, 0.25) is 0 Å². The molecule has 10 heteroatoms. The van der Waals surface area contributed by atoms with E-state index in [2.05, 4.69) is 9.44 Å². The predicted molar refractivity (Wildman–Crippen MR) is 121 cm³/mol. The van der Waals surface area contributed by atoms with Crippen molar-refractivity contribution in [2.45, 2.75) is 29.3 Å². The van der Waals surface area contributed by atoms with Crippen molar-refractivity contribution in [3.05, 3.63) is 108 Å². The van der Waals surface area contributed by atoms with Crippen LogP contribution in [-0.4, -0.2) is 16.8 Å². The van der Waals surface area contributed by atoms with Crippen molar-refractivity contribution in [1.82, 2.24) is 9.44 Å². The first kappa shape index (κ1) is 23.0. The van der Waals surface area contributed by atoms with Gasteiger partial charge < -0.3 is 8.83 Å². The molecular weight excluding hydrogens is 464 g/mol. The van der Waals surface area contributed by atoms with Gasteiger partial charge in [0.05, 0.1) is 35.4 Å². The molecule has 2 heterocycles. The van der Waals surface area contributed by atoms with Gasteiger partial charge in [0.1, 0.15) is 11.5 Å². The van der Waals surface area contributed by atoms with Gasteiger partial charge in [-0.1, -0.05) is 24.3 Å². The van der Waals surface area contributed by atoms with Gasteiger partial charge in [-0.3, -0.25) is 0 Å². The van der Waals surface area contributed by atoms with E-state index in [4.69, 9.17) is 8.83 Å². The topological polar surface area (TPSA) is 119 Å². The summed E-state index contributed by atoms with van der Waals surface area (Å²) >= 11 is 0. The quantitative estimate of drug-likeness (QED) is 0.355. The van der Waals surface area contributed by atoms with Gasteiger partial charge >= 0.3 is 0 Å². The van der Waals surface area contributed by atoms with Crippen LogP contribution >= 0.6 is 0 Å². The van der Waals surface area contributed by atoms with Crippen molar-refractivity contribution < 1.29 is 25.7 Å². The fraction of sp³-hybridized carbons (Fsp3) is 0.130. The molecule has 0 unspecified atom stereocenters. The van der Waals surface area contributed by atoms with E-state index < -0.39 is 20.0 Å². The fourth-order valence-electron chi connectivity index (χ4n) is 3.13. The van der Waals surface area contributed by atoms with Crippen LogP contribution in [0.25, 0.3) is 0 Å². The Kier molecular flexibility index (Phi) is 6.80. The first-order chi connectivity index (χ1) is 15.8. The number of benzene rings is 2. The van der Waals surface area contributed by atoms with Crippen molar-refractivity contribution in [3.8, 4) is 0 Å². The van der Waals surface area contributed by atoms with E-state index in [0.717, 1.165) is 11.1 Å². The molecule has 0 aliphatic carbocycles. The number of rotatable bonds is 10. The monoisotopic (exact) mass is 486 g/mol. The zero-order valence-electron chi connectivity index (χ0n) is 17.5. The van der Waals surface area contributed by atoms with Gasteiger partial charge in [-0.15, -0.1) is 0 Å². The van der Waals surface area contributed by atoms with E-state index in [-0.39, 0.29) is 22.9 Å².